The average molecular weight is 254 g/mol. The molecule has 0 aliphatic heterocycles. The van der Waals surface area contributed by atoms with Crippen LogP contribution in [-0.2, 0) is 6.61 Å². The van der Waals surface area contributed by atoms with Crippen molar-refractivity contribution in [2.75, 3.05) is 7.11 Å². The van der Waals surface area contributed by atoms with Gasteiger partial charge >= 0.3 is 0 Å². The van der Waals surface area contributed by atoms with Crippen LogP contribution >= 0.6 is 0 Å². The number of aromatic amines is 1. The van der Waals surface area contributed by atoms with E-state index < -0.39 is 0 Å². The van der Waals surface area contributed by atoms with E-state index in [0.717, 1.165) is 27.8 Å². The van der Waals surface area contributed by atoms with Gasteiger partial charge in [0.2, 0.25) is 0 Å². The quantitative estimate of drug-likeness (QED) is 0.755. The molecule has 1 aromatic heterocycles. The number of imidazole rings is 1. The minimum atomic E-state index is -0.0786. The van der Waals surface area contributed by atoms with Crippen molar-refractivity contribution in [1.29, 1.82) is 0 Å². The van der Waals surface area contributed by atoms with Crippen molar-refractivity contribution in [3.8, 4) is 17.0 Å². The molecule has 0 atom stereocenters. The van der Waals surface area contributed by atoms with Crippen molar-refractivity contribution in [1.82, 2.24) is 9.97 Å². The smallest absolute Gasteiger partial charge is 0.132 e. The minimum Gasteiger partial charge on any atom is -0.497 e. The van der Waals surface area contributed by atoms with E-state index in [1.165, 1.54) is 0 Å². The van der Waals surface area contributed by atoms with Crippen LogP contribution in [0.5, 0.6) is 5.75 Å². The summed E-state index contributed by atoms with van der Waals surface area (Å²) in [6, 6.07) is 12.1. The molecule has 3 aromatic rings. The number of H-pyrrole nitrogens is 1. The van der Waals surface area contributed by atoms with Crippen molar-refractivity contribution in [3.63, 3.8) is 0 Å². The summed E-state index contributed by atoms with van der Waals surface area (Å²) in [4.78, 5) is 7.17. The predicted octanol–water partition coefficient (Wildman–Crippen LogP) is 2.73. The fourth-order valence-electron chi connectivity index (χ4n) is 2.11. The van der Waals surface area contributed by atoms with Crippen LogP contribution in [0.3, 0.4) is 0 Å². The molecule has 0 aliphatic rings. The molecule has 2 N–H and O–H groups in total. The second-order valence-corrected chi connectivity index (χ2v) is 4.33. The number of aromatic nitrogens is 2. The Morgan fingerprint density at radius 3 is 2.68 bits per heavy atom. The van der Waals surface area contributed by atoms with Crippen molar-refractivity contribution >= 4 is 10.8 Å². The number of nitrogens with one attached hydrogen (secondary N) is 1. The van der Waals surface area contributed by atoms with Gasteiger partial charge in [-0.2, -0.15) is 0 Å². The van der Waals surface area contributed by atoms with Gasteiger partial charge in [-0.3, -0.25) is 0 Å². The molecular formula is C15H14N2O2. The first-order valence-electron chi connectivity index (χ1n) is 6.03. The summed E-state index contributed by atoms with van der Waals surface area (Å²) in [5.41, 5.74) is 1.95. The maximum absolute atomic E-state index is 9.02. The highest BCUT2D eigenvalue weighted by atomic mass is 16.5. The van der Waals surface area contributed by atoms with Gasteiger partial charge in [0.05, 0.1) is 19.0 Å². The molecule has 2 aromatic carbocycles. The van der Waals surface area contributed by atoms with E-state index >= 15 is 0 Å². The van der Waals surface area contributed by atoms with Crippen LogP contribution in [-0.4, -0.2) is 22.2 Å². The normalized spacial score (nSPS) is 10.8. The summed E-state index contributed by atoms with van der Waals surface area (Å²) in [5, 5.41) is 11.3. The number of methoxy groups -OCH3 is 1. The van der Waals surface area contributed by atoms with Crippen molar-refractivity contribution < 1.29 is 9.84 Å². The van der Waals surface area contributed by atoms with Gasteiger partial charge in [-0.15, -0.1) is 0 Å². The largest absolute Gasteiger partial charge is 0.497 e. The lowest BCUT2D eigenvalue weighted by atomic mass is 10.1. The van der Waals surface area contributed by atoms with Crippen LogP contribution in [0.4, 0.5) is 0 Å². The number of aliphatic hydroxyl groups excluding tert-OH is 1. The van der Waals surface area contributed by atoms with Gasteiger partial charge in [-0.05, 0) is 29.0 Å². The summed E-state index contributed by atoms with van der Waals surface area (Å²) in [6.07, 6.45) is 1.73. The second-order valence-electron chi connectivity index (χ2n) is 4.33. The SMILES string of the molecule is COc1ccc2cc(-c3cnc(CO)[nH]3)ccc2c1. The van der Waals surface area contributed by atoms with Gasteiger partial charge in [0, 0.05) is 5.56 Å². The zero-order valence-corrected chi connectivity index (χ0v) is 10.6. The minimum absolute atomic E-state index is 0.0786. The van der Waals surface area contributed by atoms with Crippen LogP contribution < -0.4 is 4.74 Å². The molecule has 4 nitrogen and oxygen atoms in total. The first-order chi connectivity index (χ1) is 9.30. The zero-order chi connectivity index (χ0) is 13.2. The number of hydrogen-bond acceptors (Lipinski definition) is 3. The lowest BCUT2D eigenvalue weighted by Crippen LogP contribution is -1.85. The molecule has 0 saturated heterocycles. The van der Waals surface area contributed by atoms with Crippen molar-refractivity contribution in [3.05, 3.63) is 48.4 Å². The third kappa shape index (κ3) is 2.18. The Morgan fingerprint density at radius 1 is 1.16 bits per heavy atom. The highest BCUT2D eigenvalue weighted by molar-refractivity contribution is 5.87. The van der Waals surface area contributed by atoms with Crippen molar-refractivity contribution in [2.45, 2.75) is 6.61 Å². The van der Waals surface area contributed by atoms with Crippen LogP contribution in [0.2, 0.25) is 0 Å². The van der Waals surface area contributed by atoms with Crippen LogP contribution in [0.15, 0.2) is 42.6 Å². The maximum Gasteiger partial charge on any atom is 0.132 e. The number of nitrogens with zero attached hydrogens (tertiary/aromatic N) is 1. The number of hydrogen-bond donors (Lipinski definition) is 2. The summed E-state index contributed by atoms with van der Waals surface area (Å²) in [6.45, 7) is -0.0786. The Balaban J connectivity index is 2.06. The highest BCUT2D eigenvalue weighted by Crippen LogP contribution is 2.26. The van der Waals surface area contributed by atoms with Gasteiger partial charge in [0.15, 0.2) is 0 Å². The zero-order valence-electron chi connectivity index (χ0n) is 10.6. The van der Waals surface area contributed by atoms with Gasteiger partial charge in [-0.25, -0.2) is 4.98 Å². The fraction of sp³-hybridized carbons (Fsp3) is 0.133. The van der Waals surface area contributed by atoms with E-state index in [0.29, 0.717) is 5.82 Å². The summed E-state index contributed by atoms with van der Waals surface area (Å²) in [5.74, 6) is 1.43. The average Bonchev–Trinajstić information content (AvgIpc) is 2.95. The molecule has 0 bridgehead atoms. The Hall–Kier alpha value is -2.33. The Bertz CT molecular complexity index is 719. The van der Waals surface area contributed by atoms with Crippen molar-refractivity contribution in [2.24, 2.45) is 0 Å². The fourth-order valence-corrected chi connectivity index (χ4v) is 2.11. The molecule has 0 fully saturated rings. The first-order valence-corrected chi connectivity index (χ1v) is 6.03. The molecular weight excluding hydrogens is 240 g/mol. The predicted molar refractivity (Wildman–Crippen MR) is 74.0 cm³/mol. The van der Waals surface area contributed by atoms with E-state index in [-0.39, 0.29) is 6.61 Å². The Kier molecular flexibility index (Phi) is 2.93. The molecule has 4 heteroatoms. The lowest BCUT2D eigenvalue weighted by molar-refractivity contribution is 0.272. The Labute approximate surface area is 110 Å². The van der Waals surface area contributed by atoms with E-state index in [1.807, 2.05) is 30.3 Å². The van der Waals surface area contributed by atoms with Gasteiger partial charge < -0.3 is 14.8 Å². The summed E-state index contributed by atoms with van der Waals surface area (Å²) in [7, 11) is 1.66. The molecule has 0 saturated carbocycles. The molecule has 0 spiro atoms. The number of fused-ring (bicyclic) bond motifs is 1. The second kappa shape index (κ2) is 4.74. The van der Waals surface area contributed by atoms with E-state index in [4.69, 9.17) is 9.84 Å². The molecule has 0 unspecified atom stereocenters. The third-order valence-electron chi connectivity index (χ3n) is 3.14. The van der Waals surface area contributed by atoms with E-state index in [1.54, 1.807) is 13.3 Å². The molecule has 19 heavy (non-hydrogen) atoms. The molecule has 96 valence electrons. The lowest BCUT2D eigenvalue weighted by Gasteiger charge is -2.04. The van der Waals surface area contributed by atoms with Crippen LogP contribution in [0.25, 0.3) is 22.0 Å². The molecule has 0 radical (unpaired) electrons. The number of aliphatic hydroxyl groups is 1. The molecule has 1 heterocycles. The highest BCUT2D eigenvalue weighted by Gasteiger charge is 2.04. The third-order valence-corrected chi connectivity index (χ3v) is 3.14. The molecule has 0 amide bonds. The van der Waals surface area contributed by atoms with E-state index in [2.05, 4.69) is 16.0 Å². The standard InChI is InChI=1S/C15H14N2O2/c1-19-13-5-4-10-6-12(3-2-11(10)7-13)14-8-16-15(9-18)17-14/h2-8,18H,9H2,1H3,(H,16,17). The summed E-state index contributed by atoms with van der Waals surface area (Å²) < 4.78 is 5.21. The summed E-state index contributed by atoms with van der Waals surface area (Å²) >= 11 is 0. The van der Waals surface area contributed by atoms with E-state index in [9.17, 15) is 0 Å². The monoisotopic (exact) mass is 254 g/mol. The number of benzene rings is 2. The van der Waals surface area contributed by atoms with Crippen LogP contribution in [0.1, 0.15) is 5.82 Å². The maximum atomic E-state index is 9.02. The number of ether oxygens (including phenoxy) is 1. The Morgan fingerprint density at radius 2 is 1.95 bits per heavy atom. The van der Waals surface area contributed by atoms with Crippen LogP contribution in [0, 0.1) is 0 Å². The van der Waals surface area contributed by atoms with Gasteiger partial charge in [0.25, 0.3) is 0 Å². The molecule has 3 rings (SSSR count). The van der Waals surface area contributed by atoms with Gasteiger partial charge in [0.1, 0.15) is 18.2 Å². The van der Waals surface area contributed by atoms with Gasteiger partial charge in [-0.1, -0.05) is 18.2 Å². The molecule has 0 aliphatic carbocycles. The number of rotatable bonds is 3. The topological polar surface area (TPSA) is 58.1 Å². The first kappa shape index (κ1) is 11.7.